The molecule has 0 radical (unpaired) electrons. The Hall–Kier alpha value is -0.660. The molecule has 0 amide bonds. The van der Waals surface area contributed by atoms with Crippen LogP contribution in [0.25, 0.3) is 0 Å². The molecule has 0 aromatic heterocycles. The van der Waals surface area contributed by atoms with Crippen molar-refractivity contribution < 1.29 is 0 Å². The van der Waals surface area contributed by atoms with E-state index >= 15 is 0 Å². The highest BCUT2D eigenvalue weighted by atomic mass is 16.2. The molecule has 2 nitrogen and oxygen atoms in total. The highest BCUT2D eigenvalue weighted by molar-refractivity contribution is 4.86. The molecule has 0 aliphatic rings. The van der Waals surface area contributed by atoms with Crippen molar-refractivity contribution in [2.75, 3.05) is 0 Å². The molecular weight excluding hydrogens is 126 g/mol. The standard InChI is InChI=1S/C8H15NO/c1-4-7(2)8(3)5-6-9-10/h5-8H,4H2,1-3H3/b6-5+/t7-,8?/m0/s1. The van der Waals surface area contributed by atoms with E-state index in [-0.39, 0.29) is 0 Å². The molecule has 0 N–H and O–H groups in total. The van der Waals surface area contributed by atoms with Gasteiger partial charge in [0.15, 0.2) is 0 Å². The first-order valence-corrected chi connectivity index (χ1v) is 3.71. The Morgan fingerprint density at radius 2 is 2.10 bits per heavy atom. The second-order valence-corrected chi connectivity index (χ2v) is 2.69. The summed E-state index contributed by atoms with van der Waals surface area (Å²) in [6, 6.07) is 0. The zero-order chi connectivity index (χ0) is 7.98. The fraction of sp³-hybridized carbons (Fsp3) is 0.750. The predicted octanol–water partition coefficient (Wildman–Crippen LogP) is 2.95. The van der Waals surface area contributed by atoms with Crippen molar-refractivity contribution >= 4 is 0 Å². The van der Waals surface area contributed by atoms with Crippen molar-refractivity contribution in [3.63, 3.8) is 0 Å². The third kappa shape index (κ3) is 3.38. The van der Waals surface area contributed by atoms with E-state index in [2.05, 4.69) is 25.9 Å². The molecule has 2 heteroatoms. The van der Waals surface area contributed by atoms with Crippen molar-refractivity contribution in [3.8, 4) is 0 Å². The minimum absolute atomic E-state index is 0.461. The lowest BCUT2D eigenvalue weighted by atomic mass is 9.94. The summed E-state index contributed by atoms with van der Waals surface area (Å²) in [6.45, 7) is 6.40. The van der Waals surface area contributed by atoms with Gasteiger partial charge in [-0.1, -0.05) is 33.3 Å². The molecule has 0 fully saturated rings. The van der Waals surface area contributed by atoms with Gasteiger partial charge in [-0.2, -0.15) is 0 Å². The molecule has 58 valence electrons. The molecule has 0 aromatic rings. The van der Waals surface area contributed by atoms with Crippen LogP contribution in [0.15, 0.2) is 17.5 Å². The third-order valence-corrected chi connectivity index (χ3v) is 1.99. The molecule has 0 bridgehead atoms. The summed E-state index contributed by atoms with van der Waals surface area (Å²) in [5.41, 5.74) is 0. The summed E-state index contributed by atoms with van der Waals surface area (Å²) in [6.07, 6.45) is 4.32. The minimum atomic E-state index is 0.461. The van der Waals surface area contributed by atoms with Crippen LogP contribution in [0.2, 0.25) is 0 Å². The molecule has 0 spiro atoms. The van der Waals surface area contributed by atoms with Gasteiger partial charge >= 0.3 is 0 Å². The van der Waals surface area contributed by atoms with Crippen LogP contribution in [0.5, 0.6) is 0 Å². The molecule has 0 aliphatic carbocycles. The summed E-state index contributed by atoms with van der Waals surface area (Å²) in [5.74, 6) is 1.10. The van der Waals surface area contributed by atoms with Crippen LogP contribution >= 0.6 is 0 Å². The van der Waals surface area contributed by atoms with Crippen molar-refractivity contribution in [1.82, 2.24) is 0 Å². The van der Waals surface area contributed by atoms with Gasteiger partial charge in [0.05, 0.1) is 6.20 Å². The monoisotopic (exact) mass is 141 g/mol. The van der Waals surface area contributed by atoms with Gasteiger partial charge in [0.25, 0.3) is 0 Å². The first-order chi connectivity index (χ1) is 4.72. The Morgan fingerprint density at radius 1 is 1.50 bits per heavy atom. The van der Waals surface area contributed by atoms with Gasteiger partial charge in [-0.05, 0) is 17.0 Å². The normalized spacial score (nSPS) is 17.1. The molecule has 10 heavy (non-hydrogen) atoms. The van der Waals surface area contributed by atoms with E-state index in [0.29, 0.717) is 11.8 Å². The maximum absolute atomic E-state index is 9.68. The minimum Gasteiger partial charge on any atom is -0.145 e. The van der Waals surface area contributed by atoms with Gasteiger partial charge in [-0.25, -0.2) is 0 Å². The van der Waals surface area contributed by atoms with E-state index in [0.717, 1.165) is 6.42 Å². The molecule has 0 aliphatic heterocycles. The van der Waals surface area contributed by atoms with Crippen molar-refractivity contribution in [3.05, 3.63) is 17.2 Å². The zero-order valence-electron chi connectivity index (χ0n) is 6.87. The lowest BCUT2D eigenvalue weighted by Gasteiger charge is -2.12. The Bertz CT molecular complexity index is 120. The average molecular weight is 141 g/mol. The molecule has 1 unspecified atom stereocenters. The lowest BCUT2D eigenvalue weighted by molar-refractivity contribution is 0.446. The maximum atomic E-state index is 9.68. The van der Waals surface area contributed by atoms with Crippen LogP contribution in [0.4, 0.5) is 0 Å². The van der Waals surface area contributed by atoms with Gasteiger partial charge < -0.3 is 0 Å². The van der Waals surface area contributed by atoms with Crippen molar-refractivity contribution in [1.29, 1.82) is 0 Å². The van der Waals surface area contributed by atoms with E-state index in [1.807, 2.05) is 6.08 Å². The first kappa shape index (κ1) is 9.34. The van der Waals surface area contributed by atoms with E-state index in [9.17, 15) is 4.91 Å². The van der Waals surface area contributed by atoms with Gasteiger partial charge in [-0.3, -0.25) is 0 Å². The highest BCUT2D eigenvalue weighted by Crippen LogP contribution is 2.15. The second-order valence-electron chi connectivity index (χ2n) is 2.69. The Labute approximate surface area is 62.3 Å². The maximum Gasteiger partial charge on any atom is 0.0677 e. The fourth-order valence-corrected chi connectivity index (χ4v) is 0.732. The number of nitrogens with zero attached hydrogens (tertiary/aromatic N) is 1. The van der Waals surface area contributed by atoms with Gasteiger partial charge in [-0.15, -0.1) is 4.91 Å². The van der Waals surface area contributed by atoms with E-state index in [1.165, 1.54) is 6.20 Å². The van der Waals surface area contributed by atoms with Crippen LogP contribution in [-0.4, -0.2) is 0 Å². The SMILES string of the molecule is CC[C@H](C)C(C)/C=C/N=O. The summed E-state index contributed by atoms with van der Waals surface area (Å²) in [5, 5.41) is 2.66. The number of hydrogen-bond acceptors (Lipinski definition) is 2. The van der Waals surface area contributed by atoms with Crippen molar-refractivity contribution in [2.24, 2.45) is 17.0 Å². The van der Waals surface area contributed by atoms with Crippen molar-refractivity contribution in [2.45, 2.75) is 27.2 Å². The molecule has 0 saturated heterocycles. The highest BCUT2D eigenvalue weighted by Gasteiger charge is 2.04. The number of nitroso groups, excluding NO2 is 1. The Morgan fingerprint density at radius 3 is 2.50 bits per heavy atom. The summed E-state index contributed by atoms with van der Waals surface area (Å²) >= 11 is 0. The Kier molecular flexibility index (Phi) is 4.81. The number of rotatable bonds is 4. The molecule has 0 aromatic carbocycles. The quantitative estimate of drug-likeness (QED) is 0.553. The topological polar surface area (TPSA) is 29.4 Å². The average Bonchev–Trinajstić information content (AvgIpc) is 1.98. The molecule has 2 atom stereocenters. The van der Waals surface area contributed by atoms with E-state index in [1.54, 1.807) is 0 Å². The van der Waals surface area contributed by atoms with Gasteiger partial charge in [0.1, 0.15) is 0 Å². The van der Waals surface area contributed by atoms with E-state index < -0.39 is 0 Å². The summed E-state index contributed by atoms with van der Waals surface area (Å²) < 4.78 is 0. The molecule has 0 heterocycles. The van der Waals surface area contributed by atoms with E-state index in [4.69, 9.17) is 0 Å². The van der Waals surface area contributed by atoms with Crippen LogP contribution in [-0.2, 0) is 0 Å². The third-order valence-electron chi connectivity index (χ3n) is 1.99. The zero-order valence-corrected chi connectivity index (χ0v) is 6.87. The summed E-state index contributed by atoms with van der Waals surface area (Å²) in [7, 11) is 0. The lowest BCUT2D eigenvalue weighted by Crippen LogP contribution is -2.02. The first-order valence-electron chi connectivity index (χ1n) is 3.71. The smallest absolute Gasteiger partial charge is 0.0677 e. The van der Waals surface area contributed by atoms with Crippen LogP contribution in [0, 0.1) is 16.7 Å². The number of allylic oxidation sites excluding steroid dienone is 1. The number of hydrogen-bond donors (Lipinski definition) is 0. The van der Waals surface area contributed by atoms with Crippen LogP contribution < -0.4 is 0 Å². The second kappa shape index (κ2) is 5.15. The predicted molar refractivity (Wildman–Crippen MR) is 43.6 cm³/mol. The van der Waals surface area contributed by atoms with Gasteiger partial charge in [0.2, 0.25) is 0 Å². The van der Waals surface area contributed by atoms with Crippen LogP contribution in [0.1, 0.15) is 27.2 Å². The fourth-order valence-electron chi connectivity index (χ4n) is 0.732. The summed E-state index contributed by atoms with van der Waals surface area (Å²) in [4.78, 5) is 9.68. The molecular formula is C8H15NO. The van der Waals surface area contributed by atoms with Gasteiger partial charge in [0, 0.05) is 0 Å². The molecule has 0 saturated carbocycles. The largest absolute Gasteiger partial charge is 0.145 e. The van der Waals surface area contributed by atoms with Crippen LogP contribution in [0.3, 0.4) is 0 Å². The Balaban J connectivity index is 3.70. The molecule has 0 rings (SSSR count).